The number of benzene rings is 3. The molecule has 1 N–H and O–H groups in total. The molecule has 35 heavy (non-hydrogen) atoms. The average Bonchev–Trinajstić information content (AvgIpc) is 3.14. The van der Waals surface area contributed by atoms with Gasteiger partial charge in [-0.05, 0) is 67.4 Å². The second-order valence-corrected chi connectivity index (χ2v) is 9.83. The molecule has 0 saturated carbocycles. The van der Waals surface area contributed by atoms with Crippen molar-refractivity contribution < 1.29 is 14.0 Å². The van der Waals surface area contributed by atoms with Crippen molar-refractivity contribution in [1.29, 1.82) is 5.26 Å². The number of rotatable bonds is 5. The Kier molecular flexibility index (Phi) is 7.46. The lowest BCUT2D eigenvalue weighted by molar-refractivity contribution is -0.117. The molecule has 1 saturated heterocycles. The second kappa shape index (κ2) is 10.5. The third kappa shape index (κ3) is 5.51. The number of hydrogen-bond acceptors (Lipinski definition) is 4. The van der Waals surface area contributed by atoms with Crippen LogP contribution < -0.4 is 10.2 Å². The van der Waals surface area contributed by atoms with Crippen molar-refractivity contribution in [3.8, 4) is 6.07 Å². The number of halogens is 3. The van der Waals surface area contributed by atoms with Gasteiger partial charge in [-0.1, -0.05) is 58.7 Å². The first-order valence-corrected chi connectivity index (χ1v) is 12.1. The smallest absolute Gasteiger partial charge is 0.269 e. The molecule has 3 aromatic carbocycles. The Bertz CT molecular complexity index is 1370. The number of hydrogen-bond donors (Lipinski definition) is 1. The Labute approximate surface area is 216 Å². The highest BCUT2D eigenvalue weighted by molar-refractivity contribution is 8.05. The molecule has 4 rings (SSSR count). The van der Waals surface area contributed by atoms with Crippen molar-refractivity contribution in [3.05, 3.63) is 104 Å². The molecule has 1 atom stereocenters. The predicted molar refractivity (Wildman–Crippen MR) is 138 cm³/mol. The average molecular weight is 526 g/mol. The summed E-state index contributed by atoms with van der Waals surface area (Å²) >= 11 is 13.2. The number of nitrogens with one attached hydrogen (secondary N) is 1. The SMILES string of the molecule is Cc1ccc(NC(=O)/C(C#N)=C2\SC(Cc3ccc(Cl)c(Cl)c3)C(=O)N2c2ccc(F)cc2)cc1. The highest BCUT2D eigenvalue weighted by Gasteiger charge is 2.41. The van der Waals surface area contributed by atoms with E-state index < -0.39 is 17.0 Å². The Morgan fingerprint density at radius 1 is 1.09 bits per heavy atom. The van der Waals surface area contributed by atoms with E-state index in [1.54, 1.807) is 30.3 Å². The number of carbonyl (C=O) groups excluding carboxylic acids is 2. The van der Waals surface area contributed by atoms with Gasteiger partial charge >= 0.3 is 0 Å². The Morgan fingerprint density at radius 2 is 1.77 bits per heavy atom. The van der Waals surface area contributed by atoms with E-state index in [4.69, 9.17) is 23.2 Å². The van der Waals surface area contributed by atoms with Crippen molar-refractivity contribution in [2.24, 2.45) is 0 Å². The summed E-state index contributed by atoms with van der Waals surface area (Å²) in [5, 5.41) is 12.9. The highest BCUT2D eigenvalue weighted by atomic mass is 35.5. The van der Waals surface area contributed by atoms with E-state index >= 15 is 0 Å². The van der Waals surface area contributed by atoms with Gasteiger partial charge in [0, 0.05) is 11.4 Å². The van der Waals surface area contributed by atoms with Crippen molar-refractivity contribution in [2.45, 2.75) is 18.6 Å². The van der Waals surface area contributed by atoms with Crippen LogP contribution in [0.15, 0.2) is 77.3 Å². The number of amides is 2. The first kappa shape index (κ1) is 24.8. The van der Waals surface area contributed by atoms with Crippen LogP contribution in [0.25, 0.3) is 0 Å². The van der Waals surface area contributed by atoms with Gasteiger partial charge in [-0.3, -0.25) is 14.5 Å². The number of aryl methyl sites for hydroxylation is 1. The number of carbonyl (C=O) groups is 2. The fraction of sp³-hybridized carbons (Fsp3) is 0.115. The van der Waals surface area contributed by atoms with Crippen molar-refractivity contribution in [3.63, 3.8) is 0 Å². The topological polar surface area (TPSA) is 73.2 Å². The van der Waals surface area contributed by atoms with Gasteiger partial charge in [-0.15, -0.1) is 0 Å². The molecule has 5 nitrogen and oxygen atoms in total. The summed E-state index contributed by atoms with van der Waals surface area (Å²) in [7, 11) is 0. The van der Waals surface area contributed by atoms with Gasteiger partial charge in [0.05, 0.1) is 15.3 Å². The Hall–Kier alpha value is -3.31. The fourth-order valence-corrected chi connectivity index (χ4v) is 5.15. The molecule has 3 aromatic rings. The van der Waals surface area contributed by atoms with Gasteiger partial charge in [0.15, 0.2) is 0 Å². The molecule has 1 aliphatic rings. The van der Waals surface area contributed by atoms with Crippen LogP contribution in [0.1, 0.15) is 11.1 Å². The van der Waals surface area contributed by atoms with Crippen molar-refractivity contribution >= 4 is 58.2 Å². The van der Waals surface area contributed by atoms with Crippen LogP contribution in [0.4, 0.5) is 15.8 Å². The van der Waals surface area contributed by atoms with E-state index in [-0.39, 0.29) is 16.5 Å². The summed E-state index contributed by atoms with van der Waals surface area (Å²) in [6.07, 6.45) is 0.292. The summed E-state index contributed by atoms with van der Waals surface area (Å²) in [6, 6.07) is 19.5. The third-order valence-electron chi connectivity index (χ3n) is 5.30. The summed E-state index contributed by atoms with van der Waals surface area (Å²) in [5.41, 5.74) is 2.44. The minimum absolute atomic E-state index is 0.179. The maximum Gasteiger partial charge on any atom is 0.269 e. The van der Waals surface area contributed by atoms with Crippen LogP contribution in [-0.4, -0.2) is 17.1 Å². The van der Waals surface area contributed by atoms with Gasteiger partial charge in [0.25, 0.3) is 5.91 Å². The maximum atomic E-state index is 13.6. The third-order valence-corrected chi connectivity index (χ3v) is 7.31. The van der Waals surface area contributed by atoms with E-state index in [2.05, 4.69) is 5.32 Å². The highest BCUT2D eigenvalue weighted by Crippen LogP contribution is 2.42. The molecular formula is C26H18Cl2FN3O2S. The quantitative estimate of drug-likeness (QED) is 0.304. The fourth-order valence-electron chi connectivity index (χ4n) is 3.52. The lowest BCUT2D eigenvalue weighted by Crippen LogP contribution is -2.31. The van der Waals surface area contributed by atoms with Gasteiger partial charge in [0.2, 0.25) is 5.91 Å². The molecule has 176 valence electrons. The monoisotopic (exact) mass is 525 g/mol. The summed E-state index contributed by atoms with van der Waals surface area (Å²) in [6.45, 7) is 1.92. The summed E-state index contributed by atoms with van der Waals surface area (Å²) < 4.78 is 13.6. The molecule has 1 aliphatic heterocycles. The molecule has 0 bridgehead atoms. The molecule has 0 aliphatic carbocycles. The Morgan fingerprint density at radius 3 is 2.40 bits per heavy atom. The zero-order chi connectivity index (χ0) is 25.1. The van der Waals surface area contributed by atoms with Gasteiger partial charge in [-0.2, -0.15) is 5.26 Å². The number of nitriles is 1. The normalized spacial score (nSPS) is 16.7. The lowest BCUT2D eigenvalue weighted by Gasteiger charge is -2.18. The van der Waals surface area contributed by atoms with Crippen LogP contribution in [0.2, 0.25) is 10.0 Å². The van der Waals surface area contributed by atoms with Crippen LogP contribution in [0.3, 0.4) is 0 Å². The van der Waals surface area contributed by atoms with Crippen LogP contribution in [-0.2, 0) is 16.0 Å². The van der Waals surface area contributed by atoms with Crippen LogP contribution in [0, 0.1) is 24.1 Å². The van der Waals surface area contributed by atoms with E-state index in [0.29, 0.717) is 27.8 Å². The van der Waals surface area contributed by atoms with E-state index in [9.17, 15) is 19.2 Å². The Balaban J connectivity index is 1.72. The number of nitrogens with zero attached hydrogens (tertiary/aromatic N) is 2. The summed E-state index contributed by atoms with van der Waals surface area (Å²) in [4.78, 5) is 27.8. The van der Waals surface area contributed by atoms with Crippen LogP contribution in [0.5, 0.6) is 0 Å². The molecular weight excluding hydrogens is 508 g/mol. The van der Waals surface area contributed by atoms with Crippen molar-refractivity contribution in [1.82, 2.24) is 0 Å². The molecule has 1 heterocycles. The number of anilines is 2. The summed E-state index contributed by atoms with van der Waals surface area (Å²) in [5.74, 6) is -1.45. The largest absolute Gasteiger partial charge is 0.321 e. The second-order valence-electron chi connectivity index (χ2n) is 7.82. The van der Waals surface area contributed by atoms with Gasteiger partial charge < -0.3 is 5.32 Å². The number of thioether (sulfide) groups is 1. The minimum atomic E-state index is -0.644. The van der Waals surface area contributed by atoms with E-state index in [1.165, 1.54) is 29.2 Å². The van der Waals surface area contributed by atoms with Gasteiger partial charge in [0.1, 0.15) is 22.5 Å². The van der Waals surface area contributed by atoms with E-state index in [0.717, 1.165) is 22.9 Å². The molecule has 2 amide bonds. The molecule has 1 unspecified atom stereocenters. The standard InChI is InChI=1S/C26H18Cl2FN3O2S/c1-15-2-7-18(8-3-15)31-24(33)20(14-30)26-32(19-9-5-17(29)6-10-19)25(34)23(35-26)13-16-4-11-21(27)22(28)12-16/h2-12,23H,13H2,1H3,(H,31,33)/b26-20-. The zero-order valence-electron chi connectivity index (χ0n) is 18.4. The van der Waals surface area contributed by atoms with Crippen molar-refractivity contribution in [2.75, 3.05) is 10.2 Å². The van der Waals surface area contributed by atoms with E-state index in [1.807, 2.05) is 25.1 Å². The minimum Gasteiger partial charge on any atom is -0.321 e. The zero-order valence-corrected chi connectivity index (χ0v) is 20.7. The lowest BCUT2D eigenvalue weighted by atomic mass is 10.1. The molecule has 0 radical (unpaired) electrons. The first-order chi connectivity index (χ1) is 16.8. The molecule has 1 fully saturated rings. The molecule has 9 heteroatoms. The predicted octanol–water partition coefficient (Wildman–Crippen LogP) is 6.51. The first-order valence-electron chi connectivity index (χ1n) is 10.5. The molecule has 0 spiro atoms. The van der Waals surface area contributed by atoms with Crippen LogP contribution >= 0.6 is 35.0 Å². The maximum absolute atomic E-state index is 13.6. The molecule has 0 aromatic heterocycles. The van der Waals surface area contributed by atoms with Gasteiger partial charge in [-0.25, -0.2) is 4.39 Å².